The zero-order valence-corrected chi connectivity index (χ0v) is 18.2. The summed E-state index contributed by atoms with van der Waals surface area (Å²) in [6.45, 7) is 3.51. The highest BCUT2D eigenvalue weighted by Gasteiger charge is 2.47. The van der Waals surface area contributed by atoms with Crippen molar-refractivity contribution in [2.75, 3.05) is 26.2 Å². The van der Waals surface area contributed by atoms with Crippen molar-refractivity contribution in [1.82, 2.24) is 19.9 Å². The van der Waals surface area contributed by atoms with Crippen molar-refractivity contribution in [1.29, 1.82) is 0 Å². The molecule has 3 fully saturated rings. The minimum absolute atomic E-state index is 0.0724. The number of alkyl halides is 3. The molecule has 178 valence electrons. The first kappa shape index (κ1) is 22.3. The van der Waals surface area contributed by atoms with E-state index >= 15 is 0 Å². The number of piperidine rings is 2. The molecular weight excluding hydrogens is 437 g/mol. The predicted molar refractivity (Wildman–Crippen MR) is 111 cm³/mol. The zero-order valence-electron chi connectivity index (χ0n) is 18.2. The molecular formula is C23H27F3N4O3. The van der Waals surface area contributed by atoms with Gasteiger partial charge in [-0.1, -0.05) is 35.5 Å². The number of rotatable bonds is 5. The molecule has 0 aliphatic carbocycles. The number of aromatic nitrogens is 2. The monoisotopic (exact) mass is 464 g/mol. The number of benzene rings is 1. The molecule has 4 atom stereocenters. The van der Waals surface area contributed by atoms with Gasteiger partial charge in [0.05, 0.1) is 12.0 Å². The molecule has 10 heteroatoms. The molecule has 5 rings (SSSR count). The van der Waals surface area contributed by atoms with Crippen molar-refractivity contribution < 1.29 is 27.2 Å². The second-order valence-corrected chi connectivity index (χ2v) is 9.24. The fourth-order valence-corrected chi connectivity index (χ4v) is 5.51. The molecule has 0 N–H and O–H groups in total. The first-order valence-corrected chi connectivity index (χ1v) is 11.5. The molecule has 2 bridgehead atoms. The van der Waals surface area contributed by atoms with Crippen molar-refractivity contribution in [3.63, 3.8) is 0 Å². The molecule has 3 saturated heterocycles. The van der Waals surface area contributed by atoms with Crippen molar-refractivity contribution in [3.8, 4) is 0 Å². The van der Waals surface area contributed by atoms with E-state index in [0.717, 1.165) is 57.4 Å². The molecule has 0 spiro atoms. The number of nitrogens with zero attached hydrogens (tertiary/aromatic N) is 4. The van der Waals surface area contributed by atoms with E-state index in [-0.39, 0.29) is 29.7 Å². The first-order chi connectivity index (χ1) is 15.9. The van der Waals surface area contributed by atoms with E-state index in [0.29, 0.717) is 12.6 Å². The Morgan fingerprint density at radius 2 is 1.82 bits per heavy atom. The van der Waals surface area contributed by atoms with Gasteiger partial charge in [-0.25, -0.2) is 0 Å². The Bertz CT molecular complexity index is 945. The first-order valence-electron chi connectivity index (χ1n) is 11.5. The van der Waals surface area contributed by atoms with Crippen LogP contribution in [0, 0.1) is 11.8 Å². The van der Waals surface area contributed by atoms with Crippen LogP contribution in [-0.4, -0.2) is 58.1 Å². The van der Waals surface area contributed by atoms with Gasteiger partial charge < -0.3 is 9.26 Å². The molecule has 33 heavy (non-hydrogen) atoms. The Hall–Kier alpha value is -2.46. The van der Waals surface area contributed by atoms with Crippen LogP contribution in [0.5, 0.6) is 0 Å². The number of carbonyl (C=O) groups excluding carboxylic acids is 1. The van der Waals surface area contributed by atoms with Gasteiger partial charge in [0.25, 0.3) is 5.82 Å². The summed E-state index contributed by atoms with van der Waals surface area (Å²) in [6, 6.07) is 9.73. The van der Waals surface area contributed by atoms with Crippen molar-refractivity contribution in [3.05, 3.63) is 47.6 Å². The molecule has 0 amide bonds. The largest absolute Gasteiger partial charge is 0.461 e. The summed E-state index contributed by atoms with van der Waals surface area (Å²) >= 11 is 0. The lowest BCUT2D eigenvalue weighted by molar-refractivity contribution is -0.152. The highest BCUT2D eigenvalue weighted by atomic mass is 19.4. The van der Waals surface area contributed by atoms with Crippen LogP contribution in [0.2, 0.25) is 0 Å². The van der Waals surface area contributed by atoms with E-state index in [1.54, 1.807) is 0 Å². The average Bonchev–Trinajstić information content (AvgIpc) is 3.40. The number of halogens is 3. The van der Waals surface area contributed by atoms with Crippen LogP contribution >= 0.6 is 0 Å². The van der Waals surface area contributed by atoms with E-state index in [1.807, 2.05) is 30.3 Å². The lowest BCUT2D eigenvalue weighted by Gasteiger charge is -2.43. The van der Waals surface area contributed by atoms with Crippen molar-refractivity contribution >= 4 is 5.97 Å². The van der Waals surface area contributed by atoms with E-state index in [2.05, 4.69) is 19.9 Å². The molecule has 2 unspecified atom stereocenters. The van der Waals surface area contributed by atoms with Gasteiger partial charge in [-0.05, 0) is 56.8 Å². The van der Waals surface area contributed by atoms with Gasteiger partial charge >= 0.3 is 12.1 Å². The van der Waals surface area contributed by atoms with E-state index in [1.165, 1.54) is 0 Å². The standard InChI is InChI=1S/C23H27F3N4O3/c24-23(25,26)22-27-20(33-28-22)19-17-8-11-30(19)13-18(12-17)29-9-6-16(7-10-29)21(31)32-14-15-4-2-1-3-5-15/h1-5,16-19H,6-14H2/t17-,18+,19?/m0/s1. The van der Waals surface area contributed by atoms with Gasteiger partial charge in [0.2, 0.25) is 5.89 Å². The van der Waals surface area contributed by atoms with Crippen LogP contribution in [-0.2, 0) is 22.3 Å². The maximum atomic E-state index is 12.9. The van der Waals surface area contributed by atoms with Gasteiger partial charge in [0.15, 0.2) is 0 Å². The predicted octanol–water partition coefficient (Wildman–Crippen LogP) is 3.68. The minimum Gasteiger partial charge on any atom is -0.461 e. The number of hydrogen-bond donors (Lipinski definition) is 0. The number of ether oxygens (including phenoxy) is 1. The van der Waals surface area contributed by atoms with Crippen LogP contribution in [0.15, 0.2) is 34.9 Å². The normalized spacial score (nSPS) is 28.7. The third-order valence-corrected chi connectivity index (χ3v) is 7.20. The smallest absolute Gasteiger partial charge is 0.455 e. The fraction of sp³-hybridized carbons (Fsp3) is 0.609. The maximum Gasteiger partial charge on any atom is 0.455 e. The number of esters is 1. The lowest BCUT2D eigenvalue weighted by Crippen LogP contribution is -2.51. The highest BCUT2D eigenvalue weighted by molar-refractivity contribution is 5.72. The van der Waals surface area contributed by atoms with Crippen LogP contribution in [0.4, 0.5) is 13.2 Å². The number of fused-ring (bicyclic) bond motifs is 2. The maximum absolute atomic E-state index is 12.9. The number of likely N-dealkylation sites (tertiary alicyclic amines) is 1. The minimum atomic E-state index is -4.60. The second-order valence-electron chi connectivity index (χ2n) is 9.24. The van der Waals surface area contributed by atoms with Crippen LogP contribution in [0.1, 0.15) is 49.0 Å². The van der Waals surface area contributed by atoms with Crippen LogP contribution in [0.25, 0.3) is 0 Å². The van der Waals surface area contributed by atoms with Crippen molar-refractivity contribution in [2.24, 2.45) is 11.8 Å². The second kappa shape index (κ2) is 9.06. The Kier molecular flexibility index (Phi) is 6.13. The van der Waals surface area contributed by atoms with Gasteiger partial charge in [-0.15, -0.1) is 0 Å². The molecule has 2 aromatic rings. The van der Waals surface area contributed by atoms with E-state index < -0.39 is 12.0 Å². The van der Waals surface area contributed by atoms with Crippen molar-refractivity contribution in [2.45, 2.75) is 50.6 Å². The van der Waals surface area contributed by atoms with Gasteiger partial charge in [-0.3, -0.25) is 14.6 Å². The summed E-state index contributed by atoms with van der Waals surface area (Å²) in [7, 11) is 0. The topological polar surface area (TPSA) is 71.7 Å². The molecule has 0 radical (unpaired) electrons. The summed E-state index contributed by atoms with van der Waals surface area (Å²) < 4.78 is 49.1. The third-order valence-electron chi connectivity index (χ3n) is 7.20. The summed E-state index contributed by atoms with van der Waals surface area (Å²) in [5.41, 5.74) is 0.980. The van der Waals surface area contributed by atoms with Crippen LogP contribution < -0.4 is 0 Å². The third kappa shape index (κ3) is 4.77. The summed E-state index contributed by atoms with van der Waals surface area (Å²) in [4.78, 5) is 20.7. The quantitative estimate of drug-likeness (QED) is 0.625. The molecule has 3 aliphatic rings. The van der Waals surface area contributed by atoms with E-state index in [4.69, 9.17) is 9.26 Å². The van der Waals surface area contributed by atoms with Gasteiger partial charge in [0.1, 0.15) is 6.61 Å². The molecule has 3 aliphatic heterocycles. The van der Waals surface area contributed by atoms with Gasteiger partial charge in [0, 0.05) is 12.6 Å². The zero-order chi connectivity index (χ0) is 23.0. The Labute approximate surface area is 189 Å². The number of carbonyl (C=O) groups is 1. The highest BCUT2D eigenvalue weighted by Crippen LogP contribution is 2.45. The van der Waals surface area contributed by atoms with Crippen LogP contribution in [0.3, 0.4) is 0 Å². The molecule has 4 heterocycles. The summed E-state index contributed by atoms with van der Waals surface area (Å²) in [5, 5.41) is 3.14. The van der Waals surface area contributed by atoms with E-state index in [9.17, 15) is 18.0 Å². The Morgan fingerprint density at radius 1 is 1.09 bits per heavy atom. The Morgan fingerprint density at radius 3 is 2.48 bits per heavy atom. The fourth-order valence-electron chi connectivity index (χ4n) is 5.51. The average molecular weight is 464 g/mol. The molecule has 0 saturated carbocycles. The number of hydrogen-bond acceptors (Lipinski definition) is 7. The summed E-state index contributed by atoms with van der Waals surface area (Å²) in [5.74, 6) is -1.16. The Balaban J connectivity index is 1.13. The molecule has 7 nitrogen and oxygen atoms in total. The summed E-state index contributed by atoms with van der Waals surface area (Å²) in [6.07, 6.45) is -1.28. The molecule has 1 aromatic carbocycles. The molecule has 1 aromatic heterocycles. The lowest BCUT2D eigenvalue weighted by atomic mass is 9.87. The SMILES string of the molecule is O=C(OCc1ccccc1)C1CCN([C@@H]2C[C@@H]3CCN(C2)C3c2nc(C(F)(F)F)no2)CC1. The van der Waals surface area contributed by atoms with Gasteiger partial charge in [-0.2, -0.15) is 18.2 Å².